The molecule has 0 radical (unpaired) electrons. The van der Waals surface area contributed by atoms with Gasteiger partial charge in [-0.15, -0.1) is 0 Å². The van der Waals surface area contributed by atoms with E-state index in [4.69, 9.17) is 15.6 Å². The average Bonchev–Trinajstić information content (AvgIpc) is 2.51. The summed E-state index contributed by atoms with van der Waals surface area (Å²) in [5.74, 6) is -2.28. The molecule has 4 N–H and O–H groups in total. The quantitative estimate of drug-likeness (QED) is 0.693. The van der Waals surface area contributed by atoms with Crippen LogP contribution in [-0.4, -0.2) is 35.5 Å². The number of carbonyl (C=O) groups is 3. The summed E-state index contributed by atoms with van der Waals surface area (Å²) >= 11 is 0. The minimum atomic E-state index is -1.36. The van der Waals surface area contributed by atoms with Gasteiger partial charge in [0.15, 0.2) is 6.61 Å². The minimum Gasteiger partial charge on any atom is -0.483 e. The second-order valence-corrected chi connectivity index (χ2v) is 4.89. The number of carbonyl (C=O) groups excluding carboxylic acids is 2. The van der Waals surface area contributed by atoms with Crippen LogP contribution in [0.1, 0.15) is 6.42 Å². The topological polar surface area (TPSA) is 119 Å². The Kier molecular flexibility index (Phi) is 5.14. The van der Waals surface area contributed by atoms with Crippen molar-refractivity contribution < 1.29 is 24.2 Å². The van der Waals surface area contributed by atoms with E-state index in [2.05, 4.69) is 5.32 Å². The van der Waals surface area contributed by atoms with Gasteiger partial charge < -0.3 is 20.9 Å². The zero-order valence-corrected chi connectivity index (χ0v) is 12.2. The monoisotopic (exact) mass is 316 g/mol. The maximum Gasteiger partial charge on any atom is 0.326 e. The van der Waals surface area contributed by atoms with Gasteiger partial charge in [-0.25, -0.2) is 4.79 Å². The average molecular weight is 316 g/mol. The van der Waals surface area contributed by atoms with Crippen molar-refractivity contribution in [3.63, 3.8) is 0 Å². The summed E-state index contributed by atoms with van der Waals surface area (Å²) in [7, 11) is 0. The number of rotatable bonds is 7. The largest absolute Gasteiger partial charge is 0.483 e. The van der Waals surface area contributed by atoms with Gasteiger partial charge >= 0.3 is 5.97 Å². The number of amides is 2. The van der Waals surface area contributed by atoms with Gasteiger partial charge in [0.2, 0.25) is 5.91 Å². The number of fused-ring (bicyclic) bond motifs is 1. The fourth-order valence-corrected chi connectivity index (χ4v) is 2.10. The Bertz CT molecular complexity index is 739. The molecule has 7 nitrogen and oxygen atoms in total. The molecular formula is C16H16N2O5. The van der Waals surface area contributed by atoms with Crippen LogP contribution in [0.4, 0.5) is 0 Å². The van der Waals surface area contributed by atoms with Gasteiger partial charge in [0.1, 0.15) is 11.8 Å². The van der Waals surface area contributed by atoms with Crippen LogP contribution in [0, 0.1) is 0 Å². The van der Waals surface area contributed by atoms with Crippen LogP contribution in [0.5, 0.6) is 5.75 Å². The van der Waals surface area contributed by atoms with Crippen molar-refractivity contribution in [2.45, 2.75) is 12.5 Å². The van der Waals surface area contributed by atoms with E-state index < -0.39 is 30.2 Å². The number of aliphatic carboxylic acids is 1. The van der Waals surface area contributed by atoms with E-state index in [-0.39, 0.29) is 6.61 Å². The van der Waals surface area contributed by atoms with Gasteiger partial charge in [-0.1, -0.05) is 36.4 Å². The van der Waals surface area contributed by atoms with Crippen molar-refractivity contribution in [2.75, 3.05) is 6.61 Å². The molecule has 23 heavy (non-hydrogen) atoms. The van der Waals surface area contributed by atoms with Crippen molar-refractivity contribution in [3.05, 3.63) is 42.5 Å². The van der Waals surface area contributed by atoms with E-state index in [1.54, 1.807) is 12.1 Å². The van der Waals surface area contributed by atoms with Crippen LogP contribution in [-0.2, 0) is 14.4 Å². The van der Waals surface area contributed by atoms with E-state index >= 15 is 0 Å². The molecule has 0 saturated carbocycles. The van der Waals surface area contributed by atoms with Gasteiger partial charge in [0.25, 0.3) is 5.91 Å². The molecule has 0 saturated heterocycles. The Labute approximate surface area is 132 Å². The molecule has 120 valence electrons. The predicted molar refractivity (Wildman–Crippen MR) is 82.8 cm³/mol. The molecule has 1 atom stereocenters. The molecule has 0 heterocycles. The van der Waals surface area contributed by atoms with Crippen LogP contribution in [0.3, 0.4) is 0 Å². The first-order valence-electron chi connectivity index (χ1n) is 6.88. The van der Waals surface area contributed by atoms with Gasteiger partial charge in [-0.2, -0.15) is 0 Å². The summed E-state index contributed by atoms with van der Waals surface area (Å²) in [4.78, 5) is 33.6. The first-order chi connectivity index (χ1) is 11.0. The molecule has 2 amide bonds. The van der Waals surface area contributed by atoms with E-state index in [0.717, 1.165) is 10.8 Å². The highest BCUT2D eigenvalue weighted by Crippen LogP contribution is 2.24. The molecule has 0 unspecified atom stereocenters. The van der Waals surface area contributed by atoms with Gasteiger partial charge in [0.05, 0.1) is 6.42 Å². The lowest BCUT2D eigenvalue weighted by Crippen LogP contribution is -2.45. The zero-order chi connectivity index (χ0) is 16.8. The number of primary amides is 1. The van der Waals surface area contributed by atoms with E-state index in [0.29, 0.717) is 5.75 Å². The molecule has 0 spiro atoms. The molecule has 0 fully saturated rings. The lowest BCUT2D eigenvalue weighted by molar-refractivity contribution is -0.143. The molecule has 0 aliphatic heterocycles. The van der Waals surface area contributed by atoms with E-state index in [1.807, 2.05) is 30.3 Å². The maximum atomic E-state index is 11.8. The lowest BCUT2D eigenvalue weighted by atomic mass is 10.1. The number of hydrogen-bond acceptors (Lipinski definition) is 4. The highest BCUT2D eigenvalue weighted by molar-refractivity contribution is 5.90. The second kappa shape index (κ2) is 7.26. The summed E-state index contributed by atoms with van der Waals surface area (Å²) in [6.07, 6.45) is -0.477. The first kappa shape index (κ1) is 16.3. The highest BCUT2D eigenvalue weighted by Gasteiger charge is 2.22. The number of hydrogen-bond donors (Lipinski definition) is 3. The number of carboxylic acids is 1. The van der Waals surface area contributed by atoms with Gasteiger partial charge in [-0.05, 0) is 11.5 Å². The maximum absolute atomic E-state index is 11.8. The molecule has 7 heteroatoms. The van der Waals surface area contributed by atoms with Crippen LogP contribution in [0.2, 0.25) is 0 Å². The molecule has 0 aliphatic carbocycles. The van der Waals surface area contributed by atoms with Crippen LogP contribution >= 0.6 is 0 Å². The molecule has 0 bridgehead atoms. The smallest absolute Gasteiger partial charge is 0.326 e. The van der Waals surface area contributed by atoms with Crippen molar-refractivity contribution >= 4 is 28.6 Å². The fraction of sp³-hybridized carbons (Fsp3) is 0.188. The Morgan fingerprint density at radius 1 is 1.13 bits per heavy atom. The van der Waals surface area contributed by atoms with E-state index in [9.17, 15) is 14.4 Å². The summed E-state index contributed by atoms with van der Waals surface area (Å²) in [5, 5.41) is 12.9. The third-order valence-corrected chi connectivity index (χ3v) is 3.15. The number of nitrogens with two attached hydrogens (primary N) is 1. The fourth-order valence-electron chi connectivity index (χ4n) is 2.10. The SMILES string of the molecule is NC(=O)C[C@H](NC(=O)COc1cccc2ccccc12)C(=O)O. The zero-order valence-electron chi connectivity index (χ0n) is 12.2. The summed E-state index contributed by atoms with van der Waals surface area (Å²) in [6.45, 7) is -0.365. The van der Waals surface area contributed by atoms with Crippen molar-refractivity contribution in [2.24, 2.45) is 5.73 Å². The third-order valence-electron chi connectivity index (χ3n) is 3.15. The lowest BCUT2D eigenvalue weighted by Gasteiger charge is -2.14. The third kappa shape index (κ3) is 4.44. The highest BCUT2D eigenvalue weighted by atomic mass is 16.5. The van der Waals surface area contributed by atoms with E-state index in [1.165, 1.54) is 0 Å². The van der Waals surface area contributed by atoms with Crippen molar-refractivity contribution in [3.8, 4) is 5.75 Å². The minimum absolute atomic E-state index is 0.365. The number of ether oxygens (including phenoxy) is 1. The molecule has 2 aromatic rings. The number of benzene rings is 2. The van der Waals surface area contributed by atoms with Crippen LogP contribution < -0.4 is 15.8 Å². The Balaban J connectivity index is 2.00. The van der Waals surface area contributed by atoms with Crippen LogP contribution in [0.15, 0.2) is 42.5 Å². The van der Waals surface area contributed by atoms with Crippen molar-refractivity contribution in [1.82, 2.24) is 5.32 Å². The molecule has 0 aliphatic rings. The Hall–Kier alpha value is -3.09. The number of nitrogens with one attached hydrogen (secondary N) is 1. The Morgan fingerprint density at radius 3 is 2.52 bits per heavy atom. The Morgan fingerprint density at radius 2 is 1.83 bits per heavy atom. The molecule has 0 aromatic heterocycles. The summed E-state index contributed by atoms with van der Waals surface area (Å²) < 4.78 is 5.45. The predicted octanol–water partition coefficient (Wildman–Crippen LogP) is 0.663. The van der Waals surface area contributed by atoms with Crippen molar-refractivity contribution in [1.29, 1.82) is 0 Å². The first-order valence-corrected chi connectivity index (χ1v) is 6.88. The van der Waals surface area contributed by atoms with Crippen LogP contribution in [0.25, 0.3) is 10.8 Å². The molecule has 2 rings (SSSR count). The van der Waals surface area contributed by atoms with Gasteiger partial charge in [0, 0.05) is 5.39 Å². The summed E-state index contributed by atoms with van der Waals surface area (Å²) in [5.41, 5.74) is 4.95. The van der Waals surface area contributed by atoms with Gasteiger partial charge in [-0.3, -0.25) is 9.59 Å². The molecular weight excluding hydrogens is 300 g/mol. The standard InChI is InChI=1S/C16H16N2O5/c17-14(19)8-12(16(21)22)18-15(20)9-23-13-7-3-5-10-4-1-2-6-11(10)13/h1-7,12H,8-9H2,(H2,17,19)(H,18,20)(H,21,22)/t12-/m0/s1. The normalized spacial score (nSPS) is 11.7. The summed E-state index contributed by atoms with van der Waals surface area (Å²) in [6, 6.07) is 11.6. The molecule has 2 aromatic carbocycles. The second-order valence-electron chi connectivity index (χ2n) is 4.89. The number of carboxylic acid groups (broad SMARTS) is 1.